The standard InChI is InChI=1S/C19H29N3O3/c1-13-8-10-22(11-9-13)18(24)16-4-6-17(7-5-16)21-19(25)20-15(3)14(2)12-23/h4-7,13-15,23H,8-12H2,1-3H3,(H2,20,21,25). The topological polar surface area (TPSA) is 81.7 Å². The van der Waals surface area contributed by atoms with Crippen LogP contribution >= 0.6 is 0 Å². The second-order valence-corrected chi connectivity index (χ2v) is 7.10. The Morgan fingerprint density at radius 1 is 1.20 bits per heavy atom. The van der Waals surface area contributed by atoms with Gasteiger partial charge in [0.05, 0.1) is 0 Å². The van der Waals surface area contributed by atoms with Crippen LogP contribution in [0, 0.1) is 11.8 Å². The van der Waals surface area contributed by atoms with Crippen LogP contribution in [-0.2, 0) is 0 Å². The quantitative estimate of drug-likeness (QED) is 0.766. The number of hydrogen-bond donors (Lipinski definition) is 3. The number of carbonyl (C=O) groups is 2. The zero-order valence-electron chi connectivity index (χ0n) is 15.3. The third kappa shape index (κ3) is 5.46. The number of benzene rings is 1. The van der Waals surface area contributed by atoms with Crippen LogP contribution in [0.25, 0.3) is 0 Å². The highest BCUT2D eigenvalue weighted by molar-refractivity contribution is 5.95. The minimum atomic E-state index is -0.322. The van der Waals surface area contributed by atoms with Crippen molar-refractivity contribution in [1.82, 2.24) is 10.2 Å². The van der Waals surface area contributed by atoms with Crippen LogP contribution < -0.4 is 10.6 Å². The van der Waals surface area contributed by atoms with Crippen molar-refractivity contribution in [3.8, 4) is 0 Å². The van der Waals surface area contributed by atoms with E-state index in [-0.39, 0.29) is 30.5 Å². The Morgan fingerprint density at radius 2 is 1.80 bits per heavy atom. The number of piperidine rings is 1. The summed E-state index contributed by atoms with van der Waals surface area (Å²) in [6, 6.07) is 6.51. The van der Waals surface area contributed by atoms with Gasteiger partial charge >= 0.3 is 6.03 Å². The van der Waals surface area contributed by atoms with Gasteiger partial charge in [-0.25, -0.2) is 4.79 Å². The van der Waals surface area contributed by atoms with Crippen LogP contribution in [0.5, 0.6) is 0 Å². The number of urea groups is 1. The lowest BCUT2D eigenvalue weighted by Crippen LogP contribution is -2.40. The summed E-state index contributed by atoms with van der Waals surface area (Å²) in [5, 5.41) is 14.6. The number of hydrogen-bond acceptors (Lipinski definition) is 3. The van der Waals surface area contributed by atoms with Gasteiger partial charge < -0.3 is 20.6 Å². The highest BCUT2D eigenvalue weighted by atomic mass is 16.3. The van der Waals surface area contributed by atoms with Crippen molar-refractivity contribution >= 4 is 17.6 Å². The fourth-order valence-electron chi connectivity index (χ4n) is 2.76. The Balaban J connectivity index is 1.89. The Morgan fingerprint density at radius 3 is 2.36 bits per heavy atom. The molecule has 0 spiro atoms. The fraction of sp³-hybridized carbons (Fsp3) is 0.579. The van der Waals surface area contributed by atoms with Crippen molar-refractivity contribution in [3.63, 3.8) is 0 Å². The lowest BCUT2D eigenvalue weighted by Gasteiger charge is -2.30. The second-order valence-electron chi connectivity index (χ2n) is 7.10. The number of likely N-dealkylation sites (tertiary alicyclic amines) is 1. The van der Waals surface area contributed by atoms with Crippen molar-refractivity contribution < 1.29 is 14.7 Å². The SMILES string of the molecule is CC1CCN(C(=O)c2ccc(NC(=O)NC(C)C(C)CO)cc2)CC1. The van der Waals surface area contributed by atoms with Crippen molar-refractivity contribution in [2.75, 3.05) is 25.0 Å². The van der Waals surface area contributed by atoms with Crippen molar-refractivity contribution in [2.45, 2.75) is 39.7 Å². The molecule has 1 aromatic carbocycles. The number of amides is 3. The first-order valence-corrected chi connectivity index (χ1v) is 8.98. The smallest absolute Gasteiger partial charge is 0.319 e. The number of rotatable bonds is 5. The van der Waals surface area contributed by atoms with Crippen LogP contribution in [0.15, 0.2) is 24.3 Å². The van der Waals surface area contributed by atoms with Gasteiger partial charge in [-0.3, -0.25) is 4.79 Å². The fourth-order valence-corrected chi connectivity index (χ4v) is 2.76. The van der Waals surface area contributed by atoms with Gasteiger partial charge in [0.2, 0.25) is 0 Å². The number of aliphatic hydroxyl groups is 1. The van der Waals surface area contributed by atoms with Crippen molar-refractivity contribution in [1.29, 1.82) is 0 Å². The van der Waals surface area contributed by atoms with E-state index in [4.69, 9.17) is 5.11 Å². The number of anilines is 1. The van der Waals surface area contributed by atoms with E-state index in [2.05, 4.69) is 17.6 Å². The number of nitrogens with one attached hydrogen (secondary N) is 2. The van der Waals surface area contributed by atoms with Gasteiger partial charge in [-0.15, -0.1) is 0 Å². The molecule has 138 valence electrons. The first-order chi connectivity index (χ1) is 11.9. The molecule has 6 nitrogen and oxygen atoms in total. The summed E-state index contributed by atoms with van der Waals surface area (Å²) in [6.07, 6.45) is 2.10. The monoisotopic (exact) mass is 347 g/mol. The molecule has 0 bridgehead atoms. The van der Waals surface area contributed by atoms with Gasteiger partial charge in [0, 0.05) is 37.0 Å². The molecule has 1 aliphatic rings. The molecular weight excluding hydrogens is 318 g/mol. The summed E-state index contributed by atoms with van der Waals surface area (Å²) in [6.45, 7) is 7.57. The Hall–Kier alpha value is -2.08. The molecule has 25 heavy (non-hydrogen) atoms. The minimum Gasteiger partial charge on any atom is -0.396 e. The molecule has 3 amide bonds. The zero-order valence-corrected chi connectivity index (χ0v) is 15.3. The van der Waals surface area contributed by atoms with Crippen LogP contribution in [0.3, 0.4) is 0 Å². The van der Waals surface area contributed by atoms with E-state index in [1.54, 1.807) is 24.3 Å². The Labute approximate surface area is 149 Å². The molecule has 0 aliphatic carbocycles. The molecule has 1 aromatic rings. The van der Waals surface area contributed by atoms with E-state index in [1.165, 1.54) is 0 Å². The summed E-state index contributed by atoms with van der Waals surface area (Å²) in [5.74, 6) is 0.719. The van der Waals surface area contributed by atoms with Crippen LogP contribution in [0.4, 0.5) is 10.5 Å². The van der Waals surface area contributed by atoms with E-state index in [1.807, 2.05) is 18.7 Å². The molecule has 2 rings (SSSR count). The maximum atomic E-state index is 12.5. The third-order valence-corrected chi connectivity index (χ3v) is 4.96. The van der Waals surface area contributed by atoms with E-state index in [9.17, 15) is 9.59 Å². The number of carbonyl (C=O) groups excluding carboxylic acids is 2. The highest BCUT2D eigenvalue weighted by Crippen LogP contribution is 2.19. The molecule has 0 aromatic heterocycles. The molecule has 0 radical (unpaired) electrons. The molecule has 2 atom stereocenters. The van der Waals surface area contributed by atoms with Gasteiger partial charge in [-0.1, -0.05) is 13.8 Å². The minimum absolute atomic E-state index is 0.0157. The summed E-state index contributed by atoms with van der Waals surface area (Å²) < 4.78 is 0. The molecular formula is C19H29N3O3. The van der Waals surface area contributed by atoms with Crippen LogP contribution in [-0.4, -0.2) is 47.7 Å². The lowest BCUT2D eigenvalue weighted by molar-refractivity contribution is 0.0697. The largest absolute Gasteiger partial charge is 0.396 e. The molecule has 1 fully saturated rings. The summed E-state index contributed by atoms with van der Waals surface area (Å²) in [4.78, 5) is 26.4. The predicted octanol–water partition coefficient (Wildman–Crippen LogP) is 2.70. The highest BCUT2D eigenvalue weighted by Gasteiger charge is 2.21. The van der Waals surface area contributed by atoms with E-state index < -0.39 is 0 Å². The molecule has 6 heteroatoms. The molecule has 3 N–H and O–H groups in total. The van der Waals surface area contributed by atoms with Crippen LogP contribution in [0.2, 0.25) is 0 Å². The van der Waals surface area contributed by atoms with Gasteiger partial charge in [0.15, 0.2) is 0 Å². The Bertz CT molecular complexity index is 580. The second kappa shape index (κ2) is 8.85. The first kappa shape index (κ1) is 19.2. The van der Waals surface area contributed by atoms with Gasteiger partial charge in [-0.05, 0) is 55.9 Å². The summed E-state index contributed by atoms with van der Waals surface area (Å²) in [7, 11) is 0. The number of aliphatic hydroxyl groups excluding tert-OH is 1. The maximum Gasteiger partial charge on any atom is 0.319 e. The van der Waals surface area contributed by atoms with Crippen molar-refractivity contribution in [2.24, 2.45) is 11.8 Å². The molecule has 0 saturated carbocycles. The lowest BCUT2D eigenvalue weighted by atomic mass is 9.98. The molecule has 2 unspecified atom stereocenters. The first-order valence-electron chi connectivity index (χ1n) is 8.98. The molecule has 1 aliphatic heterocycles. The third-order valence-electron chi connectivity index (χ3n) is 4.96. The maximum absolute atomic E-state index is 12.5. The summed E-state index contributed by atoms with van der Waals surface area (Å²) >= 11 is 0. The average Bonchev–Trinajstić information content (AvgIpc) is 2.61. The molecule has 1 saturated heterocycles. The van der Waals surface area contributed by atoms with Gasteiger partial charge in [0.25, 0.3) is 5.91 Å². The predicted molar refractivity (Wildman–Crippen MR) is 98.6 cm³/mol. The van der Waals surface area contributed by atoms with Gasteiger partial charge in [-0.2, -0.15) is 0 Å². The van der Waals surface area contributed by atoms with Crippen molar-refractivity contribution in [3.05, 3.63) is 29.8 Å². The molecule has 1 heterocycles. The van der Waals surface area contributed by atoms with E-state index in [0.717, 1.165) is 25.9 Å². The van der Waals surface area contributed by atoms with Crippen LogP contribution in [0.1, 0.15) is 44.0 Å². The van der Waals surface area contributed by atoms with E-state index in [0.29, 0.717) is 17.2 Å². The normalized spacial score (nSPS) is 17.7. The summed E-state index contributed by atoms with van der Waals surface area (Å²) in [5.41, 5.74) is 1.27. The van der Waals surface area contributed by atoms with Gasteiger partial charge in [0.1, 0.15) is 0 Å². The number of nitrogens with zero attached hydrogens (tertiary/aromatic N) is 1. The Kier molecular flexibility index (Phi) is 6.82. The van der Waals surface area contributed by atoms with E-state index >= 15 is 0 Å². The zero-order chi connectivity index (χ0) is 18.4. The average molecular weight is 347 g/mol.